The number of halogens is 4. The molecule has 0 spiro atoms. The smallest absolute Gasteiger partial charge is 0.243 e. The van der Waals surface area contributed by atoms with Crippen LogP contribution in [0.2, 0.25) is 0 Å². The number of aromatic nitrogens is 2. The van der Waals surface area contributed by atoms with Crippen molar-refractivity contribution >= 4 is 22.2 Å². The van der Waals surface area contributed by atoms with Crippen molar-refractivity contribution in [3.63, 3.8) is 0 Å². The normalized spacial score (nSPS) is 12.0. The molecule has 0 aliphatic rings. The van der Waals surface area contributed by atoms with Gasteiger partial charge in [-0.3, -0.25) is 0 Å². The maximum Gasteiger partial charge on any atom is 0.434 e. The number of nitrogens with zero attached hydrogens (tertiary/aromatic N) is 2. The third-order valence-corrected chi connectivity index (χ3v) is 3.54. The third kappa shape index (κ3) is 2.14. The zero-order valence-electron chi connectivity index (χ0n) is 9.70. The molecular formula is C13H5F4N2S. The lowest BCUT2D eigenvalue weighted by molar-refractivity contribution is -0.140. The highest BCUT2D eigenvalue weighted by Crippen LogP contribution is 2.36. The van der Waals surface area contributed by atoms with Crippen LogP contribution in [0.25, 0.3) is 21.5 Å². The molecule has 0 aliphatic heterocycles. The van der Waals surface area contributed by atoms with Crippen molar-refractivity contribution in [1.29, 1.82) is 0 Å². The summed E-state index contributed by atoms with van der Waals surface area (Å²) in [6, 6.07) is 6.58. The Kier molecular flexibility index (Phi) is 2.93. The highest BCUT2D eigenvalue weighted by atomic mass is 32.1. The van der Waals surface area contributed by atoms with Gasteiger partial charge in [-0.1, -0.05) is 18.2 Å². The van der Waals surface area contributed by atoms with Crippen molar-refractivity contribution in [1.82, 2.24) is 9.97 Å². The molecule has 0 unspecified atom stereocenters. The zero-order chi connectivity index (χ0) is 14.3. The third-order valence-electron chi connectivity index (χ3n) is 2.68. The van der Waals surface area contributed by atoms with Gasteiger partial charge in [0.15, 0.2) is 11.5 Å². The Morgan fingerprint density at radius 1 is 1.15 bits per heavy atom. The molecule has 20 heavy (non-hydrogen) atoms. The fourth-order valence-corrected chi connectivity index (χ4v) is 2.67. The summed E-state index contributed by atoms with van der Waals surface area (Å²) in [5.74, 6) is -0.813. The fourth-order valence-electron chi connectivity index (χ4n) is 1.79. The molecule has 2 heterocycles. The molecule has 7 heteroatoms. The van der Waals surface area contributed by atoms with Gasteiger partial charge in [-0.2, -0.15) is 13.2 Å². The van der Waals surface area contributed by atoms with E-state index in [1.807, 2.05) is 0 Å². The number of hydrogen-bond acceptors (Lipinski definition) is 3. The maximum atomic E-state index is 13.9. The summed E-state index contributed by atoms with van der Waals surface area (Å²) < 4.78 is 51.6. The molecule has 0 fully saturated rings. The van der Waals surface area contributed by atoms with Crippen LogP contribution in [0.3, 0.4) is 0 Å². The largest absolute Gasteiger partial charge is 0.434 e. The summed E-state index contributed by atoms with van der Waals surface area (Å²) in [6.07, 6.45) is -2.39. The number of fused-ring (bicyclic) bond motifs is 1. The molecule has 0 saturated heterocycles. The van der Waals surface area contributed by atoms with Crippen molar-refractivity contribution in [3.05, 3.63) is 47.4 Å². The van der Waals surface area contributed by atoms with Crippen molar-refractivity contribution in [2.24, 2.45) is 0 Å². The standard InChI is InChI=1S/C13H5F4N2S/c14-8-5-18-9-4-2-1-3-7(9)11(8)12-19-10(6-20-12)13(15,16)17/h1-4,6H. The first-order chi connectivity index (χ1) is 9.47. The first-order valence-corrected chi connectivity index (χ1v) is 6.34. The average molecular weight is 297 g/mol. The molecule has 0 saturated carbocycles. The van der Waals surface area contributed by atoms with Crippen molar-refractivity contribution in [2.45, 2.75) is 6.18 Å². The number of rotatable bonds is 1. The molecule has 0 N–H and O–H groups in total. The summed E-state index contributed by atoms with van der Waals surface area (Å²) in [4.78, 5) is 7.25. The highest BCUT2D eigenvalue weighted by molar-refractivity contribution is 7.13. The molecule has 0 aliphatic carbocycles. The van der Waals surface area contributed by atoms with Gasteiger partial charge in [0.05, 0.1) is 11.1 Å². The molecule has 2 nitrogen and oxygen atoms in total. The van der Waals surface area contributed by atoms with Crippen LogP contribution in [0.15, 0.2) is 29.6 Å². The molecule has 2 aromatic heterocycles. The summed E-state index contributed by atoms with van der Waals surface area (Å²) in [6.45, 7) is 0. The van der Waals surface area contributed by atoms with Gasteiger partial charge in [0.25, 0.3) is 0 Å². The van der Waals surface area contributed by atoms with E-state index in [-0.39, 0.29) is 10.6 Å². The quantitative estimate of drug-likeness (QED) is 0.625. The van der Waals surface area contributed by atoms with Crippen LogP contribution in [0.4, 0.5) is 17.6 Å². The minimum atomic E-state index is -4.54. The Balaban J connectivity index is 2.24. The predicted octanol–water partition coefficient (Wildman–Crippen LogP) is 4.32. The lowest BCUT2D eigenvalue weighted by Crippen LogP contribution is -2.05. The molecule has 1 radical (unpaired) electrons. The fraction of sp³-hybridized carbons (Fsp3) is 0.0769. The number of benzene rings is 1. The molecule has 0 atom stereocenters. The van der Waals surface area contributed by atoms with Gasteiger partial charge in [0, 0.05) is 10.8 Å². The maximum absolute atomic E-state index is 13.9. The van der Waals surface area contributed by atoms with Gasteiger partial charge in [-0.05, 0) is 6.07 Å². The topological polar surface area (TPSA) is 25.8 Å². The van der Waals surface area contributed by atoms with Crippen molar-refractivity contribution in [3.8, 4) is 10.6 Å². The van der Waals surface area contributed by atoms with Gasteiger partial charge in [0.2, 0.25) is 0 Å². The number of alkyl halides is 3. The van der Waals surface area contributed by atoms with Gasteiger partial charge < -0.3 is 0 Å². The Hall–Kier alpha value is -2.02. The lowest BCUT2D eigenvalue weighted by Gasteiger charge is -2.04. The molecule has 3 rings (SSSR count). The van der Waals surface area contributed by atoms with E-state index in [0.717, 1.165) is 16.7 Å². The van der Waals surface area contributed by atoms with E-state index in [1.54, 1.807) is 24.3 Å². The summed E-state index contributed by atoms with van der Waals surface area (Å²) in [5, 5.41) is 1.24. The molecule has 0 bridgehead atoms. The van der Waals surface area contributed by atoms with Crippen molar-refractivity contribution in [2.75, 3.05) is 0 Å². The van der Waals surface area contributed by atoms with Crippen LogP contribution in [0.1, 0.15) is 5.69 Å². The summed E-state index contributed by atoms with van der Waals surface area (Å²) in [5.41, 5.74) is -0.582. The minimum Gasteiger partial charge on any atom is -0.243 e. The van der Waals surface area contributed by atoms with Gasteiger partial charge >= 0.3 is 6.18 Å². The van der Waals surface area contributed by atoms with Gasteiger partial charge in [0.1, 0.15) is 11.2 Å². The number of para-hydroxylation sites is 1. The molecule has 0 amide bonds. The second-order valence-corrected chi connectivity index (χ2v) is 4.82. The van der Waals surface area contributed by atoms with Crippen molar-refractivity contribution < 1.29 is 17.6 Å². The van der Waals surface area contributed by atoms with Crippen LogP contribution in [0, 0.1) is 12.0 Å². The SMILES string of the molecule is Fc1[c]nc2ccccc2c1-c1nc(C(F)(F)F)cs1. The summed E-state index contributed by atoms with van der Waals surface area (Å²) in [7, 11) is 0. The molecule has 1 aromatic carbocycles. The van der Waals surface area contributed by atoms with E-state index >= 15 is 0 Å². The van der Waals surface area contributed by atoms with Gasteiger partial charge in [-0.15, -0.1) is 11.3 Å². The molecule has 3 aromatic rings. The Morgan fingerprint density at radius 3 is 2.60 bits per heavy atom. The average Bonchev–Trinajstić information content (AvgIpc) is 2.88. The Labute approximate surface area is 114 Å². The lowest BCUT2D eigenvalue weighted by atomic mass is 10.1. The predicted molar refractivity (Wildman–Crippen MR) is 66.6 cm³/mol. The monoisotopic (exact) mass is 297 g/mol. The number of pyridine rings is 1. The van der Waals surface area contributed by atoms with Crippen LogP contribution in [0.5, 0.6) is 0 Å². The van der Waals surface area contributed by atoms with E-state index in [1.165, 1.54) is 0 Å². The second kappa shape index (κ2) is 4.52. The van der Waals surface area contributed by atoms with Gasteiger partial charge in [-0.25, -0.2) is 14.4 Å². The first kappa shape index (κ1) is 13.0. The second-order valence-electron chi connectivity index (χ2n) is 3.97. The molecule has 101 valence electrons. The van der Waals surface area contributed by atoms with E-state index in [4.69, 9.17) is 0 Å². The number of hydrogen-bond donors (Lipinski definition) is 0. The zero-order valence-corrected chi connectivity index (χ0v) is 10.5. The highest BCUT2D eigenvalue weighted by Gasteiger charge is 2.34. The van der Waals surface area contributed by atoms with Crippen LogP contribution in [-0.2, 0) is 6.18 Å². The van der Waals surface area contributed by atoms with E-state index < -0.39 is 17.7 Å². The summed E-state index contributed by atoms with van der Waals surface area (Å²) >= 11 is 0.740. The first-order valence-electron chi connectivity index (χ1n) is 5.46. The molecular weight excluding hydrogens is 292 g/mol. The van der Waals surface area contributed by atoms with E-state index in [9.17, 15) is 17.6 Å². The van der Waals surface area contributed by atoms with Crippen LogP contribution in [-0.4, -0.2) is 9.97 Å². The van der Waals surface area contributed by atoms with Crippen LogP contribution >= 0.6 is 11.3 Å². The van der Waals surface area contributed by atoms with Crippen LogP contribution < -0.4 is 0 Å². The minimum absolute atomic E-state index is 0.00361. The van der Waals surface area contributed by atoms with E-state index in [2.05, 4.69) is 16.2 Å². The Morgan fingerprint density at radius 2 is 1.90 bits per heavy atom. The van der Waals surface area contributed by atoms with E-state index in [0.29, 0.717) is 10.9 Å². The Bertz CT molecular complexity index is 779. The number of thiazole rings is 1.